The zero-order valence-corrected chi connectivity index (χ0v) is 42.5. The number of fused-ring (bicyclic) bond motifs is 8. The third kappa shape index (κ3) is 7.32. The van der Waals surface area contributed by atoms with Gasteiger partial charge < -0.3 is 4.57 Å². The highest BCUT2D eigenvalue weighted by Gasteiger charge is 2.36. The monoisotopic (exact) mass is 983 g/mol. The van der Waals surface area contributed by atoms with Crippen molar-refractivity contribution in [3.8, 4) is 72.4 Å². The predicted molar refractivity (Wildman–Crippen MR) is 324 cm³/mol. The van der Waals surface area contributed by atoms with E-state index in [4.69, 9.17) is 0 Å². The maximum Gasteiger partial charge on any atom is 0.0541 e. The molecule has 2 unspecified atom stereocenters. The number of aromatic nitrogens is 1. The molecule has 0 fully saturated rings. The van der Waals surface area contributed by atoms with Gasteiger partial charge in [0.1, 0.15) is 0 Å². The molecule has 2 heteroatoms. The molecule has 2 aliphatic rings. The van der Waals surface area contributed by atoms with Gasteiger partial charge in [0.05, 0.1) is 11.0 Å². The molecule has 0 saturated carbocycles. The number of allylic oxidation sites excluding steroid dienone is 3. The highest BCUT2D eigenvalue weighted by Crippen LogP contribution is 2.55. The van der Waals surface area contributed by atoms with Crippen LogP contribution in [0.25, 0.3) is 121 Å². The van der Waals surface area contributed by atoms with Gasteiger partial charge in [-0.15, -0.1) is 11.8 Å². The van der Waals surface area contributed by atoms with Crippen LogP contribution >= 0.6 is 11.8 Å². The number of nitrogens with zero attached hydrogens (tertiary/aromatic N) is 1. The molecule has 1 aliphatic carbocycles. The van der Waals surface area contributed by atoms with E-state index in [1.54, 1.807) is 0 Å². The number of para-hydroxylation sites is 1. The maximum absolute atomic E-state index is 2.55. The number of hydrogen-bond acceptors (Lipinski definition) is 1. The van der Waals surface area contributed by atoms with E-state index in [9.17, 15) is 0 Å². The van der Waals surface area contributed by atoms with Crippen molar-refractivity contribution in [1.82, 2.24) is 4.57 Å². The minimum absolute atomic E-state index is 0.206. The van der Waals surface area contributed by atoms with Gasteiger partial charge in [-0.1, -0.05) is 243 Å². The second-order valence-corrected chi connectivity index (χ2v) is 21.4. The number of benzene rings is 12. The summed E-state index contributed by atoms with van der Waals surface area (Å²) in [6.45, 7) is 0. The van der Waals surface area contributed by atoms with Crippen LogP contribution in [-0.4, -0.2) is 9.82 Å². The molecule has 0 N–H and O–H groups in total. The molecule has 0 radical (unpaired) electrons. The van der Waals surface area contributed by atoms with Gasteiger partial charge >= 0.3 is 0 Å². The highest BCUT2D eigenvalue weighted by atomic mass is 32.2. The lowest BCUT2D eigenvalue weighted by molar-refractivity contribution is 0.885. The molecule has 76 heavy (non-hydrogen) atoms. The van der Waals surface area contributed by atoms with Gasteiger partial charge in [-0.25, -0.2) is 0 Å². The van der Waals surface area contributed by atoms with Crippen LogP contribution in [0.3, 0.4) is 0 Å². The Morgan fingerprint density at radius 2 is 0.776 bits per heavy atom. The van der Waals surface area contributed by atoms with Gasteiger partial charge in [0.2, 0.25) is 0 Å². The van der Waals surface area contributed by atoms with Crippen LogP contribution in [0, 0.1) is 0 Å². The van der Waals surface area contributed by atoms with Crippen molar-refractivity contribution in [3.63, 3.8) is 0 Å². The molecule has 13 aromatic rings. The summed E-state index contributed by atoms with van der Waals surface area (Å²) in [6.07, 6.45) is 7.38. The lowest BCUT2D eigenvalue weighted by atomic mass is 9.82. The molecule has 0 saturated heterocycles. The molecule has 15 rings (SSSR count). The molecular weight excluding hydrogens is 935 g/mol. The maximum atomic E-state index is 2.55. The summed E-state index contributed by atoms with van der Waals surface area (Å²) in [5.41, 5.74) is 22.4. The van der Waals surface area contributed by atoms with Crippen LogP contribution in [0.2, 0.25) is 0 Å². The summed E-state index contributed by atoms with van der Waals surface area (Å²) in [6, 6.07) is 98.5. The Labute approximate surface area is 447 Å². The number of thioether (sulfide) groups is 1. The van der Waals surface area contributed by atoms with Crippen LogP contribution in [0.4, 0.5) is 0 Å². The topological polar surface area (TPSA) is 4.93 Å². The first-order valence-corrected chi connectivity index (χ1v) is 27.3. The fourth-order valence-corrected chi connectivity index (χ4v) is 14.0. The lowest BCUT2D eigenvalue weighted by Gasteiger charge is -2.21. The minimum atomic E-state index is 0.206. The second-order valence-electron chi connectivity index (χ2n) is 20.2. The molecule has 2 atom stereocenters. The molecule has 1 aliphatic heterocycles. The fourth-order valence-electron chi connectivity index (χ4n) is 12.5. The van der Waals surface area contributed by atoms with Gasteiger partial charge in [-0.05, 0) is 147 Å². The van der Waals surface area contributed by atoms with Crippen molar-refractivity contribution in [1.29, 1.82) is 0 Å². The largest absolute Gasteiger partial charge is 0.309 e. The van der Waals surface area contributed by atoms with E-state index in [0.29, 0.717) is 0 Å². The van der Waals surface area contributed by atoms with Gasteiger partial charge in [-0.3, -0.25) is 0 Å². The second kappa shape index (κ2) is 18.3. The Balaban J connectivity index is 0.877. The van der Waals surface area contributed by atoms with Crippen molar-refractivity contribution in [2.24, 2.45) is 0 Å². The third-order valence-corrected chi connectivity index (χ3v) is 17.4. The van der Waals surface area contributed by atoms with Crippen molar-refractivity contribution >= 4 is 60.7 Å². The van der Waals surface area contributed by atoms with Gasteiger partial charge in [-0.2, -0.15) is 0 Å². The molecule has 356 valence electrons. The minimum Gasteiger partial charge on any atom is -0.309 e. The first-order chi connectivity index (χ1) is 37.7. The van der Waals surface area contributed by atoms with Crippen LogP contribution in [-0.2, 0) is 0 Å². The molecule has 0 spiro atoms. The van der Waals surface area contributed by atoms with Crippen molar-refractivity contribution in [3.05, 3.63) is 296 Å². The van der Waals surface area contributed by atoms with E-state index < -0.39 is 0 Å². The zero-order valence-electron chi connectivity index (χ0n) is 41.6. The van der Waals surface area contributed by atoms with E-state index in [1.165, 1.54) is 132 Å². The molecule has 0 amide bonds. The lowest BCUT2D eigenvalue weighted by Crippen LogP contribution is -2.09. The normalized spacial score (nSPS) is 14.8. The summed E-state index contributed by atoms with van der Waals surface area (Å²) in [4.78, 5) is 1.37. The Kier molecular flexibility index (Phi) is 10.7. The van der Waals surface area contributed by atoms with Crippen molar-refractivity contribution in [2.45, 2.75) is 16.1 Å². The smallest absolute Gasteiger partial charge is 0.0541 e. The van der Waals surface area contributed by atoms with Gasteiger partial charge in [0.15, 0.2) is 0 Å². The number of rotatable bonds is 8. The molecular formula is C74H49NS. The van der Waals surface area contributed by atoms with Crippen LogP contribution in [0.1, 0.15) is 17.0 Å². The average molecular weight is 984 g/mol. The summed E-state index contributed by atoms with van der Waals surface area (Å²) in [7, 11) is 0. The van der Waals surface area contributed by atoms with Gasteiger partial charge in [0.25, 0.3) is 0 Å². The Hall–Kier alpha value is -9.21. The highest BCUT2D eigenvalue weighted by molar-refractivity contribution is 8.00. The molecule has 12 aromatic carbocycles. The Morgan fingerprint density at radius 3 is 1.38 bits per heavy atom. The summed E-state index contributed by atoms with van der Waals surface area (Å²) >= 11 is 2.02. The van der Waals surface area contributed by atoms with Crippen molar-refractivity contribution < 1.29 is 0 Å². The van der Waals surface area contributed by atoms with Crippen LogP contribution < -0.4 is 0 Å². The van der Waals surface area contributed by atoms with Crippen LogP contribution in [0.15, 0.2) is 290 Å². The fraction of sp³-hybridized carbons (Fsp3) is 0.0270. The summed E-state index contributed by atoms with van der Waals surface area (Å²) < 4.78 is 2.46. The third-order valence-electron chi connectivity index (χ3n) is 15.9. The van der Waals surface area contributed by atoms with E-state index in [1.807, 2.05) is 11.8 Å². The van der Waals surface area contributed by atoms with E-state index in [-0.39, 0.29) is 11.2 Å². The first-order valence-electron chi connectivity index (χ1n) is 26.4. The standard InChI is InChI=1S/C74H49NS/c1-4-20-48(21-5-1)56-26-10-12-28-58(56)52-39-43-71-67(45-52)68-47-54(59-29-13-11-27-57(59)49-22-6-2-7-23-49)46-65(74(68)76-71)53-38-42-70-66(44-53)60-30-18-19-35-69(60)75(70)55-40-36-51(37-41-55)73-63-33-16-14-31-61(63)72(50-24-8-3-9-25-50)62-32-15-17-34-64(62)73/h1-47,67,71H. The van der Waals surface area contributed by atoms with Gasteiger partial charge in [0, 0.05) is 32.5 Å². The van der Waals surface area contributed by atoms with Crippen molar-refractivity contribution in [2.75, 3.05) is 0 Å². The Morgan fingerprint density at radius 1 is 0.316 bits per heavy atom. The van der Waals surface area contributed by atoms with E-state index in [0.717, 1.165) is 5.69 Å². The quantitative estimate of drug-likeness (QED) is 0.137. The molecule has 1 nitrogen and oxygen atoms in total. The average Bonchev–Trinajstić information content (AvgIpc) is 4.12. The molecule has 0 bridgehead atoms. The zero-order chi connectivity index (χ0) is 50.1. The molecule has 1 aromatic heterocycles. The van der Waals surface area contributed by atoms with Crippen LogP contribution in [0.5, 0.6) is 0 Å². The number of hydrogen-bond donors (Lipinski definition) is 0. The Bertz CT molecular complexity index is 4410. The van der Waals surface area contributed by atoms with E-state index in [2.05, 4.69) is 290 Å². The summed E-state index contributed by atoms with van der Waals surface area (Å²) in [5, 5.41) is 7.82. The first kappa shape index (κ1) is 44.3. The molecule has 2 heterocycles. The van der Waals surface area contributed by atoms with E-state index >= 15 is 0 Å². The predicted octanol–water partition coefficient (Wildman–Crippen LogP) is 20.3. The SMILES string of the molecule is C1=CC2Sc3c(-c4ccc5c(c4)c4ccccc4n5-c4ccc(-c5c6ccccc6c(-c6ccccc6)c6ccccc56)cc4)cc(-c4ccccc4-c4ccccc4)cc3C2C=C1c1ccccc1-c1ccccc1. The summed E-state index contributed by atoms with van der Waals surface area (Å²) in [5.74, 6) is 0.206.